The van der Waals surface area contributed by atoms with E-state index in [1.807, 2.05) is 0 Å². The van der Waals surface area contributed by atoms with Gasteiger partial charge in [0.1, 0.15) is 11.5 Å². The van der Waals surface area contributed by atoms with Crippen LogP contribution in [0, 0.1) is 5.82 Å². The van der Waals surface area contributed by atoms with Crippen LogP contribution < -0.4 is 15.7 Å². The summed E-state index contributed by atoms with van der Waals surface area (Å²) in [6, 6.07) is 13.1. The molecule has 4 aromatic rings. The van der Waals surface area contributed by atoms with Crippen molar-refractivity contribution in [2.45, 2.75) is 6.42 Å². The van der Waals surface area contributed by atoms with Gasteiger partial charge in [0.15, 0.2) is 0 Å². The molecule has 0 bridgehead atoms. The Morgan fingerprint density at radius 1 is 1.11 bits per heavy atom. The predicted octanol–water partition coefficient (Wildman–Crippen LogP) is 2.44. The molecular formula is C19H11ClFN3O2S. The van der Waals surface area contributed by atoms with Crippen LogP contribution in [-0.4, -0.2) is 14.6 Å². The van der Waals surface area contributed by atoms with E-state index in [1.165, 1.54) is 12.1 Å². The zero-order chi connectivity index (χ0) is 19.0. The highest BCUT2D eigenvalue weighted by Crippen LogP contribution is 2.11. The maximum absolute atomic E-state index is 13.8. The van der Waals surface area contributed by atoms with Crippen molar-refractivity contribution in [1.29, 1.82) is 0 Å². The third-order valence-electron chi connectivity index (χ3n) is 3.93. The van der Waals surface area contributed by atoms with E-state index in [4.69, 9.17) is 11.6 Å². The minimum atomic E-state index is -0.497. The number of nitrogens with zero attached hydrogens (tertiary/aromatic N) is 3. The van der Waals surface area contributed by atoms with E-state index in [0.29, 0.717) is 5.02 Å². The number of halogens is 2. The Morgan fingerprint density at radius 2 is 1.85 bits per heavy atom. The standard InChI is InChI=1S/C19H11ClFN3O2S/c20-13-7-5-11(6-8-13)9-15-17(25)22-19-24(23-15)18(26)16(27-19)10-12-3-1-2-4-14(12)21/h1-8,10H,9H2/b16-10-. The van der Waals surface area contributed by atoms with Crippen molar-refractivity contribution in [2.24, 2.45) is 0 Å². The number of fused-ring (bicyclic) bond motifs is 1. The minimum absolute atomic E-state index is 0.155. The Hall–Kier alpha value is -2.90. The first kappa shape index (κ1) is 17.5. The normalized spacial score (nSPS) is 12.0. The smallest absolute Gasteiger partial charge is 0.266 e. The summed E-state index contributed by atoms with van der Waals surface area (Å²) in [7, 11) is 0. The highest BCUT2D eigenvalue weighted by molar-refractivity contribution is 7.15. The number of benzene rings is 2. The number of hydrogen-bond donors (Lipinski definition) is 0. The molecule has 0 atom stereocenters. The Labute approximate surface area is 161 Å². The molecule has 4 rings (SSSR count). The molecule has 27 heavy (non-hydrogen) atoms. The number of thiazole rings is 1. The van der Waals surface area contributed by atoms with Crippen LogP contribution in [0.1, 0.15) is 16.8 Å². The van der Waals surface area contributed by atoms with E-state index in [0.717, 1.165) is 21.4 Å². The van der Waals surface area contributed by atoms with Crippen molar-refractivity contribution in [1.82, 2.24) is 14.6 Å². The lowest BCUT2D eigenvalue weighted by Gasteiger charge is -2.00. The molecule has 0 aliphatic rings. The van der Waals surface area contributed by atoms with E-state index < -0.39 is 16.9 Å². The van der Waals surface area contributed by atoms with E-state index in [2.05, 4.69) is 10.1 Å². The molecule has 5 nitrogen and oxygen atoms in total. The Bertz CT molecular complexity index is 1320. The van der Waals surface area contributed by atoms with Crippen molar-refractivity contribution in [3.63, 3.8) is 0 Å². The molecule has 0 fully saturated rings. The molecule has 0 spiro atoms. The summed E-state index contributed by atoms with van der Waals surface area (Å²) in [5.74, 6) is -0.437. The summed E-state index contributed by atoms with van der Waals surface area (Å²) in [5.41, 5.74) is 0.325. The monoisotopic (exact) mass is 399 g/mol. The lowest BCUT2D eigenvalue weighted by molar-refractivity contribution is 0.625. The van der Waals surface area contributed by atoms with Gasteiger partial charge in [-0.25, -0.2) is 4.39 Å². The van der Waals surface area contributed by atoms with E-state index in [9.17, 15) is 14.0 Å². The minimum Gasteiger partial charge on any atom is -0.266 e. The fraction of sp³-hybridized carbons (Fsp3) is 0.0526. The first-order valence-corrected chi connectivity index (χ1v) is 9.14. The molecule has 0 unspecified atom stereocenters. The maximum atomic E-state index is 13.8. The van der Waals surface area contributed by atoms with E-state index in [1.54, 1.807) is 42.5 Å². The highest BCUT2D eigenvalue weighted by atomic mass is 35.5. The number of aromatic nitrogens is 3. The molecule has 0 radical (unpaired) electrons. The van der Waals surface area contributed by atoms with Crippen LogP contribution in [0.5, 0.6) is 0 Å². The molecular weight excluding hydrogens is 389 g/mol. The van der Waals surface area contributed by atoms with Crippen molar-refractivity contribution in [3.8, 4) is 0 Å². The fourth-order valence-corrected chi connectivity index (χ4v) is 3.60. The second-order valence-electron chi connectivity index (χ2n) is 5.80. The summed E-state index contributed by atoms with van der Waals surface area (Å²) in [4.78, 5) is 29.0. The molecule has 8 heteroatoms. The summed E-state index contributed by atoms with van der Waals surface area (Å²) in [5, 5.41) is 4.76. The molecule has 0 aliphatic carbocycles. The summed E-state index contributed by atoms with van der Waals surface area (Å²) < 4.78 is 15.2. The van der Waals surface area contributed by atoms with Gasteiger partial charge in [0.25, 0.3) is 11.1 Å². The Morgan fingerprint density at radius 3 is 2.59 bits per heavy atom. The molecule has 2 aromatic heterocycles. The van der Waals surface area contributed by atoms with Crippen LogP contribution in [0.2, 0.25) is 5.02 Å². The molecule has 0 amide bonds. The molecule has 0 saturated carbocycles. The lowest BCUT2D eigenvalue weighted by atomic mass is 10.1. The van der Waals surface area contributed by atoms with Crippen LogP contribution in [0.15, 0.2) is 58.1 Å². The third kappa shape index (κ3) is 3.51. The Balaban J connectivity index is 1.82. The molecule has 2 aromatic carbocycles. The van der Waals surface area contributed by atoms with Crippen LogP contribution in [0.3, 0.4) is 0 Å². The van der Waals surface area contributed by atoms with Gasteiger partial charge in [-0.1, -0.05) is 53.3 Å². The van der Waals surface area contributed by atoms with Gasteiger partial charge in [0.2, 0.25) is 4.96 Å². The van der Waals surface area contributed by atoms with Crippen molar-refractivity contribution < 1.29 is 4.39 Å². The van der Waals surface area contributed by atoms with Crippen molar-refractivity contribution in [2.75, 3.05) is 0 Å². The zero-order valence-electron chi connectivity index (χ0n) is 13.7. The van der Waals surface area contributed by atoms with Gasteiger partial charge < -0.3 is 0 Å². The SMILES string of the molecule is O=c1nc2s/c(=C\c3ccccc3F)c(=O)n2nc1Cc1ccc(Cl)cc1. The number of rotatable bonds is 3. The van der Waals surface area contributed by atoms with Crippen molar-refractivity contribution in [3.05, 3.63) is 101 Å². The van der Waals surface area contributed by atoms with Gasteiger partial charge >= 0.3 is 0 Å². The van der Waals surface area contributed by atoms with E-state index >= 15 is 0 Å². The first-order valence-electron chi connectivity index (χ1n) is 7.95. The summed E-state index contributed by atoms with van der Waals surface area (Å²) in [6.45, 7) is 0. The average Bonchev–Trinajstić information content (AvgIpc) is 2.94. The van der Waals surface area contributed by atoms with Gasteiger partial charge in [-0.3, -0.25) is 9.59 Å². The highest BCUT2D eigenvalue weighted by Gasteiger charge is 2.12. The van der Waals surface area contributed by atoms with Crippen LogP contribution in [0.4, 0.5) is 4.39 Å². The molecule has 2 heterocycles. The summed E-state index contributed by atoms with van der Waals surface area (Å²) in [6.07, 6.45) is 1.66. The van der Waals surface area contributed by atoms with Gasteiger partial charge in [-0.05, 0) is 29.8 Å². The quantitative estimate of drug-likeness (QED) is 0.531. The molecule has 134 valence electrons. The largest absolute Gasteiger partial charge is 0.296 e. The van der Waals surface area contributed by atoms with Gasteiger partial charge in [-0.2, -0.15) is 14.6 Å². The molecule has 0 aliphatic heterocycles. The number of hydrogen-bond acceptors (Lipinski definition) is 5. The first-order chi connectivity index (χ1) is 13.0. The van der Waals surface area contributed by atoms with Crippen molar-refractivity contribution >= 4 is 34.0 Å². The van der Waals surface area contributed by atoms with Crippen LogP contribution >= 0.6 is 22.9 Å². The van der Waals surface area contributed by atoms with Gasteiger partial charge in [-0.15, -0.1) is 0 Å². The third-order valence-corrected chi connectivity index (χ3v) is 5.14. The Kier molecular flexibility index (Phi) is 4.55. The lowest BCUT2D eigenvalue weighted by Crippen LogP contribution is -2.28. The second-order valence-corrected chi connectivity index (χ2v) is 7.24. The predicted molar refractivity (Wildman–Crippen MR) is 103 cm³/mol. The van der Waals surface area contributed by atoms with Crippen LogP contribution in [-0.2, 0) is 6.42 Å². The fourth-order valence-electron chi connectivity index (χ4n) is 2.58. The molecule has 0 N–H and O–H groups in total. The van der Waals surface area contributed by atoms with Gasteiger partial charge in [0, 0.05) is 17.0 Å². The van der Waals surface area contributed by atoms with E-state index in [-0.39, 0.29) is 27.2 Å². The van der Waals surface area contributed by atoms with Crippen LogP contribution in [0.25, 0.3) is 11.0 Å². The van der Waals surface area contributed by atoms with Gasteiger partial charge in [0.05, 0.1) is 4.53 Å². The average molecular weight is 400 g/mol. The topological polar surface area (TPSA) is 64.3 Å². The molecule has 0 saturated heterocycles. The zero-order valence-corrected chi connectivity index (χ0v) is 15.3. The second kappa shape index (κ2) is 7.02. The maximum Gasteiger partial charge on any atom is 0.296 e. The summed E-state index contributed by atoms with van der Waals surface area (Å²) >= 11 is 6.86.